The number of hydrogen-bond donors (Lipinski definition) is 2. The Morgan fingerprint density at radius 3 is 3.09 bits per heavy atom. The molecule has 0 spiro atoms. The fourth-order valence-electron chi connectivity index (χ4n) is 2.67. The van der Waals surface area contributed by atoms with Crippen molar-refractivity contribution < 1.29 is 14.0 Å². The zero-order valence-corrected chi connectivity index (χ0v) is 13.0. The number of benzene rings is 1. The van der Waals surface area contributed by atoms with E-state index in [9.17, 15) is 9.59 Å². The molecule has 0 radical (unpaired) electrons. The molecule has 1 aliphatic rings. The highest BCUT2D eigenvalue weighted by atomic mass is 32.1. The molecule has 2 N–H and O–H groups in total. The number of carbonyl (C=O) groups excluding carboxylic acids is 2. The molecule has 7 heteroatoms. The van der Waals surface area contributed by atoms with Gasteiger partial charge in [0.15, 0.2) is 5.58 Å². The fourth-order valence-corrected chi connectivity index (χ4v) is 2.87. The van der Waals surface area contributed by atoms with Crippen molar-refractivity contribution in [3.05, 3.63) is 28.6 Å². The molecule has 2 amide bonds. The fraction of sp³-hybridized carbons (Fsp3) is 0.400. The Morgan fingerprint density at radius 1 is 1.55 bits per heavy atom. The van der Waals surface area contributed by atoms with Crippen molar-refractivity contribution in [2.24, 2.45) is 0 Å². The normalized spacial score (nSPS) is 16.2. The standard InChI is InChI=1S/C15H17N3O3S/c1-9(8-18-6-2-3-13(18)19)16-14(20)10-4-5-11-12(7-10)21-15(22)17-11/h4-5,7,9H,2-3,6,8H2,1H3,(H,16,20)(H,17,22)/t9-/m0/s1. The quantitative estimate of drug-likeness (QED) is 0.847. The van der Waals surface area contributed by atoms with Gasteiger partial charge in [0.25, 0.3) is 10.7 Å². The lowest BCUT2D eigenvalue weighted by Crippen LogP contribution is -2.42. The monoisotopic (exact) mass is 319 g/mol. The Balaban J connectivity index is 1.66. The van der Waals surface area contributed by atoms with Crippen molar-refractivity contribution in [1.82, 2.24) is 15.2 Å². The van der Waals surface area contributed by atoms with Gasteiger partial charge < -0.3 is 19.6 Å². The van der Waals surface area contributed by atoms with Crippen LogP contribution in [0.15, 0.2) is 22.6 Å². The molecule has 6 nitrogen and oxygen atoms in total. The van der Waals surface area contributed by atoms with E-state index < -0.39 is 0 Å². The van der Waals surface area contributed by atoms with E-state index in [1.807, 2.05) is 6.92 Å². The van der Waals surface area contributed by atoms with E-state index in [2.05, 4.69) is 10.3 Å². The highest BCUT2D eigenvalue weighted by Crippen LogP contribution is 2.16. The number of aromatic amines is 1. The smallest absolute Gasteiger partial charge is 0.266 e. The molecule has 0 bridgehead atoms. The molecule has 3 rings (SSSR count). The largest absolute Gasteiger partial charge is 0.429 e. The third-order valence-electron chi connectivity index (χ3n) is 3.73. The summed E-state index contributed by atoms with van der Waals surface area (Å²) in [5.41, 5.74) is 1.82. The summed E-state index contributed by atoms with van der Waals surface area (Å²) in [4.78, 5) is 28.8. The summed E-state index contributed by atoms with van der Waals surface area (Å²) in [7, 11) is 0. The number of amides is 2. The van der Waals surface area contributed by atoms with Crippen LogP contribution in [0.5, 0.6) is 0 Å². The van der Waals surface area contributed by atoms with Gasteiger partial charge in [0.05, 0.1) is 5.52 Å². The number of oxazole rings is 1. The predicted molar refractivity (Wildman–Crippen MR) is 84.1 cm³/mol. The van der Waals surface area contributed by atoms with Crippen LogP contribution in [0.4, 0.5) is 0 Å². The summed E-state index contributed by atoms with van der Waals surface area (Å²) >= 11 is 4.92. The molecule has 1 aromatic heterocycles. The zero-order chi connectivity index (χ0) is 15.7. The second kappa shape index (κ2) is 5.92. The Morgan fingerprint density at radius 2 is 2.36 bits per heavy atom. The van der Waals surface area contributed by atoms with Crippen LogP contribution in [-0.2, 0) is 4.79 Å². The first-order chi connectivity index (χ1) is 10.5. The van der Waals surface area contributed by atoms with Crippen molar-refractivity contribution in [2.45, 2.75) is 25.8 Å². The lowest BCUT2D eigenvalue weighted by molar-refractivity contribution is -0.127. The molecule has 0 unspecified atom stereocenters. The summed E-state index contributed by atoms with van der Waals surface area (Å²) in [5.74, 6) is -0.0324. The van der Waals surface area contributed by atoms with E-state index in [1.54, 1.807) is 23.1 Å². The van der Waals surface area contributed by atoms with E-state index in [4.69, 9.17) is 16.6 Å². The maximum atomic E-state index is 12.3. The minimum Gasteiger partial charge on any atom is -0.429 e. The second-order valence-electron chi connectivity index (χ2n) is 5.54. The number of hydrogen-bond acceptors (Lipinski definition) is 4. The number of fused-ring (bicyclic) bond motifs is 1. The van der Waals surface area contributed by atoms with Gasteiger partial charge in [0, 0.05) is 31.1 Å². The van der Waals surface area contributed by atoms with E-state index in [0.717, 1.165) is 18.5 Å². The van der Waals surface area contributed by atoms with E-state index in [-0.39, 0.29) is 22.7 Å². The predicted octanol–water partition coefficient (Wildman–Crippen LogP) is 2.23. The molecule has 0 saturated carbocycles. The van der Waals surface area contributed by atoms with Crippen LogP contribution in [0.2, 0.25) is 0 Å². The Bertz CT molecular complexity index is 780. The van der Waals surface area contributed by atoms with Crippen LogP contribution in [0, 0.1) is 4.84 Å². The summed E-state index contributed by atoms with van der Waals surface area (Å²) < 4.78 is 5.31. The molecule has 116 valence electrons. The Hall–Kier alpha value is -2.15. The molecule has 1 aromatic carbocycles. The summed E-state index contributed by atoms with van der Waals surface area (Å²) in [6.07, 6.45) is 1.50. The number of H-pyrrole nitrogens is 1. The Labute approximate surface area is 132 Å². The molecule has 2 aromatic rings. The van der Waals surface area contributed by atoms with Crippen molar-refractivity contribution in [1.29, 1.82) is 0 Å². The molecule has 22 heavy (non-hydrogen) atoms. The number of aromatic nitrogens is 1. The van der Waals surface area contributed by atoms with E-state index in [1.165, 1.54) is 0 Å². The van der Waals surface area contributed by atoms with Gasteiger partial charge in [-0.05, 0) is 43.8 Å². The molecule has 1 aliphatic heterocycles. The first-order valence-electron chi connectivity index (χ1n) is 7.24. The third kappa shape index (κ3) is 3.04. The van der Waals surface area contributed by atoms with Gasteiger partial charge in [-0.25, -0.2) is 0 Å². The van der Waals surface area contributed by atoms with Crippen molar-refractivity contribution in [3.8, 4) is 0 Å². The van der Waals surface area contributed by atoms with Crippen LogP contribution in [0.3, 0.4) is 0 Å². The van der Waals surface area contributed by atoms with Gasteiger partial charge in [0.1, 0.15) is 0 Å². The summed E-state index contributed by atoms with van der Waals surface area (Å²) in [5, 5.41) is 2.90. The van der Waals surface area contributed by atoms with Crippen molar-refractivity contribution in [2.75, 3.05) is 13.1 Å². The summed E-state index contributed by atoms with van der Waals surface area (Å²) in [6, 6.07) is 5.03. The topological polar surface area (TPSA) is 78.3 Å². The third-order valence-corrected chi connectivity index (χ3v) is 3.91. The maximum Gasteiger partial charge on any atom is 0.266 e. The van der Waals surface area contributed by atoms with E-state index >= 15 is 0 Å². The summed E-state index contributed by atoms with van der Waals surface area (Å²) in [6.45, 7) is 3.20. The van der Waals surface area contributed by atoms with Crippen LogP contribution in [0.25, 0.3) is 11.1 Å². The van der Waals surface area contributed by atoms with Gasteiger partial charge in [-0.2, -0.15) is 0 Å². The molecular formula is C15H17N3O3S. The average molecular weight is 319 g/mol. The average Bonchev–Trinajstić information content (AvgIpc) is 3.03. The molecule has 1 atom stereocenters. The van der Waals surface area contributed by atoms with Gasteiger partial charge >= 0.3 is 0 Å². The molecule has 1 fully saturated rings. The van der Waals surface area contributed by atoms with Crippen LogP contribution >= 0.6 is 12.2 Å². The SMILES string of the molecule is C[C@@H](CN1CCCC1=O)NC(=O)c1ccc2[nH]c(=S)oc2c1. The maximum absolute atomic E-state index is 12.3. The van der Waals surface area contributed by atoms with Crippen molar-refractivity contribution >= 4 is 35.1 Å². The highest BCUT2D eigenvalue weighted by Gasteiger charge is 2.22. The first kappa shape index (κ1) is 14.8. The highest BCUT2D eigenvalue weighted by molar-refractivity contribution is 7.71. The minimum atomic E-state index is -0.191. The zero-order valence-electron chi connectivity index (χ0n) is 12.2. The van der Waals surface area contributed by atoms with Gasteiger partial charge in [-0.15, -0.1) is 0 Å². The molecule has 2 heterocycles. The first-order valence-corrected chi connectivity index (χ1v) is 7.65. The lowest BCUT2D eigenvalue weighted by Gasteiger charge is -2.21. The van der Waals surface area contributed by atoms with E-state index in [0.29, 0.717) is 24.1 Å². The van der Waals surface area contributed by atoms with Crippen molar-refractivity contribution in [3.63, 3.8) is 0 Å². The molecule has 1 saturated heterocycles. The van der Waals surface area contributed by atoms with Gasteiger partial charge in [0.2, 0.25) is 5.91 Å². The molecular weight excluding hydrogens is 302 g/mol. The number of rotatable bonds is 4. The van der Waals surface area contributed by atoms with Gasteiger partial charge in [-0.1, -0.05) is 0 Å². The van der Waals surface area contributed by atoms with Crippen LogP contribution < -0.4 is 5.32 Å². The van der Waals surface area contributed by atoms with Crippen LogP contribution in [-0.4, -0.2) is 40.8 Å². The second-order valence-corrected chi connectivity index (χ2v) is 5.91. The number of nitrogens with zero attached hydrogens (tertiary/aromatic N) is 1. The van der Waals surface area contributed by atoms with Gasteiger partial charge in [-0.3, -0.25) is 9.59 Å². The number of carbonyl (C=O) groups is 2. The van der Waals surface area contributed by atoms with Crippen LogP contribution in [0.1, 0.15) is 30.1 Å². The number of likely N-dealkylation sites (tertiary alicyclic amines) is 1. The lowest BCUT2D eigenvalue weighted by atomic mass is 10.2. The molecule has 0 aliphatic carbocycles. The Kier molecular flexibility index (Phi) is 3.98. The minimum absolute atomic E-state index is 0.108. The number of nitrogens with one attached hydrogen (secondary N) is 2.